The lowest BCUT2D eigenvalue weighted by Crippen LogP contribution is -2.31. The molecule has 0 spiro atoms. The highest BCUT2D eigenvalue weighted by Gasteiger charge is 2.17. The van der Waals surface area contributed by atoms with Gasteiger partial charge in [0.15, 0.2) is 0 Å². The molecule has 1 unspecified atom stereocenters. The summed E-state index contributed by atoms with van der Waals surface area (Å²) < 4.78 is 1.02. The first-order valence-electron chi connectivity index (χ1n) is 7.50. The van der Waals surface area contributed by atoms with E-state index >= 15 is 0 Å². The van der Waals surface area contributed by atoms with E-state index in [-0.39, 0.29) is 0 Å². The highest BCUT2D eigenvalue weighted by Crippen LogP contribution is 2.28. The maximum atomic E-state index is 10.4. The molecule has 1 aliphatic heterocycles. The van der Waals surface area contributed by atoms with E-state index in [0.717, 1.165) is 29.5 Å². The van der Waals surface area contributed by atoms with Crippen LogP contribution in [-0.2, 0) is 6.42 Å². The van der Waals surface area contributed by atoms with E-state index in [9.17, 15) is 5.11 Å². The first-order valence-corrected chi connectivity index (χ1v) is 8.30. The molecular weight excluding hydrogens is 326 g/mol. The van der Waals surface area contributed by atoms with E-state index in [1.807, 2.05) is 24.3 Å². The zero-order valence-corrected chi connectivity index (χ0v) is 13.6. The number of hydrogen-bond acceptors (Lipinski definition) is 2. The van der Waals surface area contributed by atoms with E-state index in [2.05, 4.69) is 45.1 Å². The van der Waals surface area contributed by atoms with Crippen LogP contribution in [0.15, 0.2) is 53.0 Å². The van der Waals surface area contributed by atoms with Crippen molar-refractivity contribution in [3.8, 4) is 0 Å². The van der Waals surface area contributed by atoms with Gasteiger partial charge in [0.2, 0.25) is 0 Å². The molecule has 0 fully saturated rings. The number of aliphatic hydroxyl groups is 1. The lowest BCUT2D eigenvalue weighted by atomic mass is 10.0. The Morgan fingerprint density at radius 3 is 2.86 bits per heavy atom. The summed E-state index contributed by atoms with van der Waals surface area (Å²) >= 11 is 3.46. The van der Waals surface area contributed by atoms with Crippen molar-refractivity contribution < 1.29 is 5.11 Å². The third-order valence-electron chi connectivity index (χ3n) is 4.11. The SMILES string of the molecule is OC(CCN1CCCc2ccccc21)c1cccc(Br)c1. The Balaban J connectivity index is 1.66. The molecule has 0 aliphatic carbocycles. The van der Waals surface area contributed by atoms with E-state index < -0.39 is 6.10 Å². The summed E-state index contributed by atoms with van der Waals surface area (Å²) in [7, 11) is 0. The predicted molar refractivity (Wildman–Crippen MR) is 90.7 cm³/mol. The van der Waals surface area contributed by atoms with Gasteiger partial charge in [-0.1, -0.05) is 46.3 Å². The van der Waals surface area contributed by atoms with Crippen molar-refractivity contribution in [2.75, 3.05) is 18.0 Å². The van der Waals surface area contributed by atoms with Gasteiger partial charge in [-0.25, -0.2) is 0 Å². The third kappa shape index (κ3) is 3.47. The standard InChI is InChI=1S/C18H20BrNO/c19-16-8-3-6-15(13-16)18(21)10-12-20-11-4-7-14-5-1-2-9-17(14)20/h1-3,5-6,8-9,13,18,21H,4,7,10-12H2. The predicted octanol–water partition coefficient (Wildman–Crippen LogP) is 4.33. The van der Waals surface area contributed by atoms with Crippen molar-refractivity contribution in [3.63, 3.8) is 0 Å². The molecule has 0 aromatic heterocycles. The molecular formula is C18H20BrNO. The van der Waals surface area contributed by atoms with Gasteiger partial charge in [0, 0.05) is 23.2 Å². The van der Waals surface area contributed by atoms with Gasteiger partial charge in [0.1, 0.15) is 0 Å². The largest absolute Gasteiger partial charge is 0.388 e. The van der Waals surface area contributed by atoms with Crippen LogP contribution in [0.3, 0.4) is 0 Å². The topological polar surface area (TPSA) is 23.5 Å². The molecule has 0 saturated heterocycles. The van der Waals surface area contributed by atoms with Gasteiger partial charge in [-0.15, -0.1) is 0 Å². The molecule has 3 heteroatoms. The second-order valence-electron chi connectivity index (χ2n) is 5.58. The lowest BCUT2D eigenvalue weighted by molar-refractivity contribution is 0.169. The summed E-state index contributed by atoms with van der Waals surface area (Å²) in [4.78, 5) is 2.40. The number of rotatable bonds is 4. The fourth-order valence-electron chi connectivity index (χ4n) is 3.00. The zero-order chi connectivity index (χ0) is 14.7. The Labute approximate surface area is 134 Å². The van der Waals surface area contributed by atoms with Crippen LogP contribution in [0.25, 0.3) is 0 Å². The first-order chi connectivity index (χ1) is 10.2. The Morgan fingerprint density at radius 1 is 1.14 bits per heavy atom. The molecule has 21 heavy (non-hydrogen) atoms. The van der Waals surface area contributed by atoms with Gasteiger partial charge in [-0.2, -0.15) is 0 Å². The molecule has 0 saturated carbocycles. The normalized spacial score (nSPS) is 15.6. The average molecular weight is 346 g/mol. The van der Waals surface area contributed by atoms with Crippen molar-refractivity contribution in [1.82, 2.24) is 0 Å². The van der Waals surface area contributed by atoms with Gasteiger partial charge in [0.05, 0.1) is 6.10 Å². The van der Waals surface area contributed by atoms with E-state index in [1.54, 1.807) is 0 Å². The fraction of sp³-hybridized carbons (Fsp3) is 0.333. The van der Waals surface area contributed by atoms with Gasteiger partial charge in [0.25, 0.3) is 0 Å². The van der Waals surface area contributed by atoms with Crippen molar-refractivity contribution in [3.05, 3.63) is 64.1 Å². The molecule has 1 aliphatic rings. The van der Waals surface area contributed by atoms with Gasteiger partial charge >= 0.3 is 0 Å². The minimum atomic E-state index is -0.406. The fourth-order valence-corrected chi connectivity index (χ4v) is 3.42. The minimum absolute atomic E-state index is 0.406. The summed E-state index contributed by atoms with van der Waals surface area (Å²) in [5, 5.41) is 10.4. The van der Waals surface area contributed by atoms with Gasteiger partial charge < -0.3 is 10.0 Å². The van der Waals surface area contributed by atoms with E-state index in [0.29, 0.717) is 0 Å². The molecule has 0 amide bonds. The molecule has 2 nitrogen and oxygen atoms in total. The van der Waals surface area contributed by atoms with E-state index in [4.69, 9.17) is 0 Å². The van der Waals surface area contributed by atoms with Crippen LogP contribution in [0.5, 0.6) is 0 Å². The molecule has 0 bridgehead atoms. The average Bonchev–Trinajstić information content (AvgIpc) is 2.52. The number of nitrogens with zero attached hydrogens (tertiary/aromatic N) is 1. The maximum absolute atomic E-state index is 10.4. The zero-order valence-electron chi connectivity index (χ0n) is 12.0. The number of aliphatic hydroxyl groups excluding tert-OH is 1. The molecule has 1 atom stereocenters. The van der Waals surface area contributed by atoms with Gasteiger partial charge in [-0.05, 0) is 48.6 Å². The smallest absolute Gasteiger partial charge is 0.0807 e. The Morgan fingerprint density at radius 2 is 2.00 bits per heavy atom. The number of halogens is 1. The molecule has 2 aromatic rings. The van der Waals surface area contributed by atoms with Gasteiger partial charge in [-0.3, -0.25) is 0 Å². The van der Waals surface area contributed by atoms with Crippen LogP contribution in [0, 0.1) is 0 Å². The van der Waals surface area contributed by atoms with Crippen LogP contribution in [0.4, 0.5) is 5.69 Å². The second kappa shape index (κ2) is 6.63. The molecule has 1 heterocycles. The lowest BCUT2D eigenvalue weighted by Gasteiger charge is -2.32. The summed E-state index contributed by atoms with van der Waals surface area (Å²) in [6, 6.07) is 16.6. The number of anilines is 1. The third-order valence-corrected chi connectivity index (χ3v) is 4.61. The number of benzene rings is 2. The summed E-state index contributed by atoms with van der Waals surface area (Å²) in [5.41, 5.74) is 3.75. The van der Waals surface area contributed by atoms with Crippen molar-refractivity contribution in [2.45, 2.75) is 25.4 Å². The molecule has 0 radical (unpaired) electrons. The van der Waals surface area contributed by atoms with Crippen molar-refractivity contribution >= 4 is 21.6 Å². The summed E-state index contributed by atoms with van der Waals surface area (Å²) in [6.45, 7) is 1.98. The van der Waals surface area contributed by atoms with Crippen molar-refractivity contribution in [1.29, 1.82) is 0 Å². The monoisotopic (exact) mass is 345 g/mol. The summed E-state index contributed by atoms with van der Waals surface area (Å²) in [5.74, 6) is 0. The number of hydrogen-bond donors (Lipinski definition) is 1. The van der Waals surface area contributed by atoms with Crippen LogP contribution < -0.4 is 4.90 Å². The number of para-hydroxylation sites is 1. The second-order valence-corrected chi connectivity index (χ2v) is 6.49. The van der Waals surface area contributed by atoms with Crippen LogP contribution in [0.2, 0.25) is 0 Å². The molecule has 3 rings (SSSR count). The minimum Gasteiger partial charge on any atom is -0.388 e. The highest BCUT2D eigenvalue weighted by atomic mass is 79.9. The van der Waals surface area contributed by atoms with Crippen molar-refractivity contribution in [2.24, 2.45) is 0 Å². The highest BCUT2D eigenvalue weighted by molar-refractivity contribution is 9.10. The van der Waals surface area contributed by atoms with Crippen LogP contribution in [0.1, 0.15) is 30.1 Å². The molecule has 2 aromatic carbocycles. The Hall–Kier alpha value is -1.32. The number of fused-ring (bicyclic) bond motifs is 1. The number of aryl methyl sites for hydroxylation is 1. The quantitative estimate of drug-likeness (QED) is 0.891. The van der Waals surface area contributed by atoms with Crippen LogP contribution >= 0.6 is 15.9 Å². The molecule has 1 N–H and O–H groups in total. The summed E-state index contributed by atoms with van der Waals surface area (Å²) in [6.07, 6.45) is 2.71. The molecule has 110 valence electrons. The van der Waals surface area contributed by atoms with Crippen LogP contribution in [-0.4, -0.2) is 18.2 Å². The van der Waals surface area contributed by atoms with E-state index in [1.165, 1.54) is 24.1 Å². The first kappa shape index (κ1) is 14.6. The maximum Gasteiger partial charge on any atom is 0.0807 e. The Bertz CT molecular complexity index is 614. The Kier molecular flexibility index (Phi) is 4.61.